The molecule has 1 aromatic carbocycles. The molecule has 3 aromatic rings. The number of thiophene rings is 1. The second kappa shape index (κ2) is 6.37. The van der Waals surface area contributed by atoms with E-state index in [4.69, 9.17) is 0 Å². The van der Waals surface area contributed by atoms with Gasteiger partial charge in [-0.3, -0.25) is 9.52 Å². The Labute approximate surface area is 145 Å². The number of nitrogens with zero attached hydrogens (tertiary/aromatic N) is 2. The summed E-state index contributed by atoms with van der Waals surface area (Å²) in [4.78, 5) is 11.4. The summed E-state index contributed by atoms with van der Waals surface area (Å²) in [7, 11) is -2.62. The van der Waals surface area contributed by atoms with Crippen LogP contribution >= 0.6 is 11.3 Å². The first-order valence-corrected chi connectivity index (χ1v) is 9.24. The fourth-order valence-corrected chi connectivity index (χ4v) is 4.25. The maximum atomic E-state index is 13.6. The van der Waals surface area contributed by atoms with E-state index < -0.39 is 27.3 Å². The molecular weight excluding hydrogens is 372 g/mol. The number of benzene rings is 1. The summed E-state index contributed by atoms with van der Waals surface area (Å²) in [6.07, 6.45) is 0. The van der Waals surface area contributed by atoms with E-state index in [-0.39, 0.29) is 9.77 Å². The summed E-state index contributed by atoms with van der Waals surface area (Å²) >= 11 is 0.897. The molecule has 10 heteroatoms. The summed E-state index contributed by atoms with van der Waals surface area (Å²) < 4.78 is 54.6. The SMILES string of the molecule is Cn1nc(-c2csc(S(=O)(=O)Nc3cc(F)ccc3F)c2)ccc1=O. The van der Waals surface area contributed by atoms with Gasteiger partial charge in [-0.1, -0.05) is 0 Å². The van der Waals surface area contributed by atoms with Gasteiger partial charge in [0, 0.05) is 30.1 Å². The summed E-state index contributed by atoms with van der Waals surface area (Å²) in [5, 5.41) is 5.58. The molecule has 0 unspecified atom stereocenters. The molecule has 0 atom stereocenters. The van der Waals surface area contributed by atoms with Crippen molar-refractivity contribution >= 4 is 27.0 Å². The van der Waals surface area contributed by atoms with Crippen LogP contribution in [0.2, 0.25) is 0 Å². The molecule has 6 nitrogen and oxygen atoms in total. The molecule has 0 aliphatic carbocycles. The number of hydrogen-bond donors (Lipinski definition) is 1. The van der Waals surface area contributed by atoms with Crippen LogP contribution in [-0.2, 0) is 17.1 Å². The Hall–Kier alpha value is -2.59. The zero-order valence-corrected chi connectivity index (χ0v) is 14.4. The van der Waals surface area contributed by atoms with Crippen LogP contribution < -0.4 is 10.3 Å². The highest BCUT2D eigenvalue weighted by Gasteiger charge is 2.20. The lowest BCUT2D eigenvalue weighted by molar-refractivity contribution is 0.595. The quantitative estimate of drug-likeness (QED) is 0.751. The molecule has 0 saturated carbocycles. The lowest BCUT2D eigenvalue weighted by Crippen LogP contribution is -2.18. The predicted molar refractivity (Wildman–Crippen MR) is 90.0 cm³/mol. The van der Waals surface area contributed by atoms with Crippen molar-refractivity contribution in [2.45, 2.75) is 4.21 Å². The fourth-order valence-electron chi connectivity index (χ4n) is 2.02. The summed E-state index contributed by atoms with van der Waals surface area (Å²) in [5.74, 6) is -1.65. The van der Waals surface area contributed by atoms with Gasteiger partial charge in [-0.05, 0) is 24.3 Å². The largest absolute Gasteiger partial charge is 0.276 e. The molecule has 130 valence electrons. The van der Waals surface area contributed by atoms with Crippen molar-refractivity contribution in [3.05, 3.63) is 63.8 Å². The fraction of sp³-hybridized carbons (Fsp3) is 0.0667. The molecular formula is C15H11F2N3O3S2. The minimum absolute atomic E-state index is 0.0955. The summed E-state index contributed by atoms with van der Waals surface area (Å²) in [6, 6.07) is 6.62. The van der Waals surface area contributed by atoms with Crippen molar-refractivity contribution in [1.29, 1.82) is 0 Å². The van der Waals surface area contributed by atoms with Crippen LogP contribution in [0.1, 0.15) is 0 Å². The average Bonchev–Trinajstić information content (AvgIpc) is 3.04. The monoisotopic (exact) mass is 383 g/mol. The van der Waals surface area contributed by atoms with E-state index in [1.807, 2.05) is 4.72 Å². The van der Waals surface area contributed by atoms with E-state index in [1.165, 1.54) is 25.2 Å². The maximum Gasteiger partial charge on any atom is 0.271 e. The molecule has 3 rings (SSSR count). The molecule has 0 radical (unpaired) electrons. The zero-order chi connectivity index (χ0) is 18.2. The Balaban J connectivity index is 1.93. The van der Waals surface area contributed by atoms with Gasteiger partial charge in [-0.15, -0.1) is 11.3 Å². The zero-order valence-electron chi connectivity index (χ0n) is 12.7. The van der Waals surface area contributed by atoms with Crippen LogP contribution in [0.3, 0.4) is 0 Å². The second-order valence-electron chi connectivity index (χ2n) is 5.06. The minimum Gasteiger partial charge on any atom is -0.276 e. The van der Waals surface area contributed by atoms with Gasteiger partial charge in [-0.2, -0.15) is 5.10 Å². The maximum absolute atomic E-state index is 13.6. The third-order valence-corrected chi connectivity index (χ3v) is 6.07. The first kappa shape index (κ1) is 17.2. The van der Waals surface area contributed by atoms with Crippen molar-refractivity contribution in [3.8, 4) is 11.3 Å². The van der Waals surface area contributed by atoms with Crippen LogP contribution in [-0.4, -0.2) is 18.2 Å². The van der Waals surface area contributed by atoms with E-state index in [2.05, 4.69) is 5.10 Å². The number of nitrogens with one attached hydrogen (secondary N) is 1. The smallest absolute Gasteiger partial charge is 0.271 e. The molecule has 0 fully saturated rings. The summed E-state index contributed by atoms with van der Waals surface area (Å²) in [6.45, 7) is 0. The normalized spacial score (nSPS) is 11.5. The third-order valence-electron chi connectivity index (χ3n) is 3.27. The van der Waals surface area contributed by atoms with Gasteiger partial charge in [0.1, 0.15) is 15.8 Å². The minimum atomic E-state index is -4.09. The van der Waals surface area contributed by atoms with Crippen molar-refractivity contribution < 1.29 is 17.2 Å². The van der Waals surface area contributed by atoms with Gasteiger partial charge < -0.3 is 0 Å². The standard InChI is InChI=1S/C15H11F2N3O3S2/c1-20-14(21)5-4-12(18-20)9-6-15(24-8-9)25(22,23)19-13-7-10(16)2-3-11(13)17/h2-8,19H,1H3. The van der Waals surface area contributed by atoms with Crippen LogP contribution in [0.5, 0.6) is 0 Å². The number of halogens is 2. The van der Waals surface area contributed by atoms with E-state index in [0.717, 1.165) is 34.2 Å². The average molecular weight is 383 g/mol. The number of sulfonamides is 1. The molecule has 0 bridgehead atoms. The molecule has 2 aromatic heterocycles. The molecule has 0 amide bonds. The third kappa shape index (κ3) is 3.59. The number of aromatic nitrogens is 2. The van der Waals surface area contributed by atoms with Gasteiger partial charge in [0.15, 0.2) is 0 Å². The first-order chi connectivity index (χ1) is 11.8. The van der Waals surface area contributed by atoms with Gasteiger partial charge >= 0.3 is 0 Å². The lowest BCUT2D eigenvalue weighted by Gasteiger charge is -2.07. The molecule has 25 heavy (non-hydrogen) atoms. The van der Waals surface area contributed by atoms with Crippen LogP contribution in [0, 0.1) is 11.6 Å². The van der Waals surface area contributed by atoms with Crippen molar-refractivity contribution in [3.63, 3.8) is 0 Å². The highest BCUT2D eigenvalue weighted by atomic mass is 32.2. The Morgan fingerprint density at radius 2 is 1.92 bits per heavy atom. The predicted octanol–water partition coefficient (Wildman–Crippen LogP) is 2.59. The van der Waals surface area contributed by atoms with E-state index in [0.29, 0.717) is 11.3 Å². The Morgan fingerprint density at radius 3 is 2.64 bits per heavy atom. The molecule has 0 saturated heterocycles. The second-order valence-corrected chi connectivity index (χ2v) is 7.88. The van der Waals surface area contributed by atoms with E-state index >= 15 is 0 Å². The molecule has 1 N–H and O–H groups in total. The number of aryl methyl sites for hydroxylation is 1. The van der Waals surface area contributed by atoms with Crippen molar-refractivity contribution in [1.82, 2.24) is 9.78 Å². The van der Waals surface area contributed by atoms with Crippen molar-refractivity contribution in [2.24, 2.45) is 7.05 Å². The number of anilines is 1. The molecule has 0 spiro atoms. The van der Waals surface area contributed by atoms with Crippen LogP contribution in [0.15, 0.2) is 50.8 Å². The highest BCUT2D eigenvalue weighted by molar-refractivity contribution is 7.94. The van der Waals surface area contributed by atoms with Gasteiger partial charge in [-0.25, -0.2) is 21.9 Å². The molecule has 2 heterocycles. The number of hydrogen-bond acceptors (Lipinski definition) is 5. The van der Waals surface area contributed by atoms with Crippen LogP contribution in [0.4, 0.5) is 14.5 Å². The van der Waals surface area contributed by atoms with Gasteiger partial charge in [0.2, 0.25) is 0 Å². The van der Waals surface area contributed by atoms with Crippen LogP contribution in [0.25, 0.3) is 11.3 Å². The molecule has 0 aliphatic heterocycles. The Bertz CT molecular complexity index is 1110. The van der Waals surface area contributed by atoms with E-state index in [1.54, 1.807) is 5.38 Å². The van der Waals surface area contributed by atoms with E-state index in [9.17, 15) is 22.0 Å². The number of rotatable bonds is 4. The Kier molecular flexibility index (Phi) is 4.39. The van der Waals surface area contributed by atoms with Gasteiger partial charge in [0.25, 0.3) is 15.6 Å². The molecule has 0 aliphatic rings. The summed E-state index contributed by atoms with van der Waals surface area (Å²) in [5.41, 5.74) is 0.127. The van der Waals surface area contributed by atoms with Crippen molar-refractivity contribution in [2.75, 3.05) is 4.72 Å². The highest BCUT2D eigenvalue weighted by Crippen LogP contribution is 2.29. The lowest BCUT2D eigenvalue weighted by atomic mass is 10.2. The Morgan fingerprint density at radius 1 is 1.16 bits per heavy atom. The van der Waals surface area contributed by atoms with Gasteiger partial charge in [0.05, 0.1) is 11.4 Å². The first-order valence-electron chi connectivity index (χ1n) is 6.87. The topological polar surface area (TPSA) is 81.1 Å².